The maximum atomic E-state index is 11.9. The molecular weight excluding hydrogens is 282 g/mol. The Morgan fingerprint density at radius 2 is 2.00 bits per heavy atom. The van der Waals surface area contributed by atoms with Crippen LogP contribution in [0.15, 0.2) is 4.52 Å². The molecule has 2 rings (SSSR count). The number of hydrogen-bond donors (Lipinski definition) is 1. The molecule has 0 aromatic carbocycles. The molecule has 0 bridgehead atoms. The van der Waals surface area contributed by atoms with Gasteiger partial charge in [0.2, 0.25) is 11.8 Å². The van der Waals surface area contributed by atoms with Gasteiger partial charge in [0, 0.05) is 32.2 Å². The molecule has 0 saturated carbocycles. The zero-order valence-electron chi connectivity index (χ0n) is 14.0. The van der Waals surface area contributed by atoms with Gasteiger partial charge in [-0.2, -0.15) is 4.98 Å². The third-order valence-electron chi connectivity index (χ3n) is 4.24. The van der Waals surface area contributed by atoms with Crippen LogP contribution in [0.4, 0.5) is 0 Å². The van der Waals surface area contributed by atoms with Crippen LogP contribution in [0, 0.1) is 6.92 Å². The summed E-state index contributed by atoms with van der Waals surface area (Å²) in [5, 5.41) is 6.86. The van der Waals surface area contributed by atoms with Crippen molar-refractivity contribution < 1.29 is 9.32 Å². The second kappa shape index (κ2) is 7.69. The van der Waals surface area contributed by atoms with Crippen molar-refractivity contribution in [3.63, 3.8) is 0 Å². The van der Waals surface area contributed by atoms with Crippen LogP contribution in [0.25, 0.3) is 0 Å². The molecule has 2 heterocycles. The minimum Gasteiger partial charge on any atom is -0.353 e. The molecule has 0 spiro atoms. The molecular formula is C15H27N5O2. The lowest BCUT2D eigenvalue weighted by molar-refractivity contribution is -0.123. The summed E-state index contributed by atoms with van der Waals surface area (Å²) >= 11 is 0. The van der Waals surface area contributed by atoms with Gasteiger partial charge in [0.15, 0.2) is 5.82 Å². The Hall–Kier alpha value is -1.47. The minimum atomic E-state index is 0.114. The molecule has 2 unspecified atom stereocenters. The number of aromatic nitrogens is 2. The van der Waals surface area contributed by atoms with E-state index in [1.165, 1.54) is 0 Å². The average Bonchev–Trinajstić information content (AvgIpc) is 2.93. The predicted octanol–water partition coefficient (Wildman–Crippen LogP) is 0.971. The van der Waals surface area contributed by atoms with E-state index in [1.54, 1.807) is 0 Å². The van der Waals surface area contributed by atoms with E-state index in [9.17, 15) is 4.79 Å². The number of nitrogens with zero attached hydrogens (tertiary/aromatic N) is 4. The summed E-state index contributed by atoms with van der Waals surface area (Å²) in [6, 6.07) is 0.367. The lowest BCUT2D eigenvalue weighted by Crippen LogP contribution is -2.50. The monoisotopic (exact) mass is 309 g/mol. The fourth-order valence-corrected chi connectivity index (χ4v) is 2.57. The summed E-state index contributed by atoms with van der Waals surface area (Å²) in [7, 11) is 0. The second-order valence-electron chi connectivity index (χ2n) is 6.04. The molecule has 124 valence electrons. The quantitative estimate of drug-likeness (QED) is 0.844. The van der Waals surface area contributed by atoms with Gasteiger partial charge in [0.1, 0.15) is 0 Å². The summed E-state index contributed by atoms with van der Waals surface area (Å²) in [5.74, 6) is 1.45. The van der Waals surface area contributed by atoms with Crippen LogP contribution in [-0.4, -0.2) is 64.6 Å². The van der Waals surface area contributed by atoms with Gasteiger partial charge in [-0.15, -0.1) is 0 Å². The van der Waals surface area contributed by atoms with E-state index in [-0.39, 0.29) is 18.0 Å². The summed E-state index contributed by atoms with van der Waals surface area (Å²) in [4.78, 5) is 20.7. The summed E-state index contributed by atoms with van der Waals surface area (Å²) in [6.07, 6.45) is 0.959. The number of nitrogens with one attached hydrogen (secondary N) is 1. The van der Waals surface area contributed by atoms with E-state index in [0.29, 0.717) is 18.3 Å². The molecule has 1 aromatic heterocycles. The molecule has 1 aliphatic rings. The maximum Gasteiger partial charge on any atom is 0.243 e. The molecule has 22 heavy (non-hydrogen) atoms. The van der Waals surface area contributed by atoms with Gasteiger partial charge in [0.05, 0.1) is 12.6 Å². The van der Waals surface area contributed by atoms with E-state index in [0.717, 1.165) is 32.6 Å². The van der Waals surface area contributed by atoms with Gasteiger partial charge in [-0.05, 0) is 27.2 Å². The van der Waals surface area contributed by atoms with E-state index < -0.39 is 0 Å². The van der Waals surface area contributed by atoms with Gasteiger partial charge in [-0.3, -0.25) is 14.6 Å². The first-order chi connectivity index (χ1) is 10.5. The van der Waals surface area contributed by atoms with Crippen molar-refractivity contribution in [3.8, 4) is 0 Å². The van der Waals surface area contributed by atoms with Crippen LogP contribution in [0.1, 0.15) is 44.9 Å². The normalized spacial score (nSPS) is 19.8. The molecule has 0 radical (unpaired) electrons. The second-order valence-corrected chi connectivity index (χ2v) is 6.04. The first kappa shape index (κ1) is 16.9. The smallest absolute Gasteiger partial charge is 0.243 e. The SMILES string of the molecule is CCC(C)NC(=O)CN1CCN(C(C)c2nc(C)no2)CC1. The van der Waals surface area contributed by atoms with Crippen molar-refractivity contribution in [2.45, 2.75) is 46.2 Å². The van der Waals surface area contributed by atoms with Gasteiger partial charge < -0.3 is 9.84 Å². The van der Waals surface area contributed by atoms with E-state index in [4.69, 9.17) is 4.52 Å². The molecule has 0 aliphatic carbocycles. The van der Waals surface area contributed by atoms with Gasteiger partial charge >= 0.3 is 0 Å². The Balaban J connectivity index is 1.77. The van der Waals surface area contributed by atoms with Crippen LogP contribution in [0.3, 0.4) is 0 Å². The number of aryl methyl sites for hydroxylation is 1. The number of piperazine rings is 1. The lowest BCUT2D eigenvalue weighted by atomic mass is 10.2. The molecule has 2 atom stereocenters. The number of carbonyl (C=O) groups excluding carboxylic acids is 1. The summed E-state index contributed by atoms with van der Waals surface area (Å²) < 4.78 is 5.25. The largest absolute Gasteiger partial charge is 0.353 e. The van der Waals surface area contributed by atoms with E-state index in [2.05, 4.69) is 39.1 Å². The topological polar surface area (TPSA) is 74.5 Å². The van der Waals surface area contributed by atoms with Crippen molar-refractivity contribution in [3.05, 3.63) is 11.7 Å². The fraction of sp³-hybridized carbons (Fsp3) is 0.800. The van der Waals surface area contributed by atoms with Crippen LogP contribution >= 0.6 is 0 Å². The fourth-order valence-electron chi connectivity index (χ4n) is 2.57. The Morgan fingerprint density at radius 1 is 1.32 bits per heavy atom. The van der Waals surface area contributed by atoms with Gasteiger partial charge in [0.25, 0.3) is 0 Å². The third kappa shape index (κ3) is 4.51. The number of rotatable bonds is 6. The van der Waals surface area contributed by atoms with Gasteiger partial charge in [-0.1, -0.05) is 12.1 Å². The zero-order valence-corrected chi connectivity index (χ0v) is 14.0. The Morgan fingerprint density at radius 3 is 2.55 bits per heavy atom. The molecule has 1 amide bonds. The highest BCUT2D eigenvalue weighted by Gasteiger charge is 2.26. The van der Waals surface area contributed by atoms with Crippen molar-refractivity contribution in [2.24, 2.45) is 0 Å². The Labute approximate surface area is 132 Å². The summed E-state index contributed by atoms with van der Waals surface area (Å²) in [6.45, 7) is 12.1. The molecule has 1 N–H and O–H groups in total. The van der Waals surface area contributed by atoms with Gasteiger partial charge in [-0.25, -0.2) is 0 Å². The predicted molar refractivity (Wildman–Crippen MR) is 83.4 cm³/mol. The molecule has 1 saturated heterocycles. The van der Waals surface area contributed by atoms with Crippen LogP contribution in [0.2, 0.25) is 0 Å². The van der Waals surface area contributed by atoms with E-state index in [1.807, 2.05) is 13.8 Å². The molecule has 1 aliphatic heterocycles. The van der Waals surface area contributed by atoms with Crippen LogP contribution in [-0.2, 0) is 4.79 Å². The van der Waals surface area contributed by atoms with Crippen molar-refractivity contribution in [1.29, 1.82) is 0 Å². The van der Waals surface area contributed by atoms with Crippen molar-refractivity contribution in [1.82, 2.24) is 25.3 Å². The van der Waals surface area contributed by atoms with Crippen molar-refractivity contribution in [2.75, 3.05) is 32.7 Å². The third-order valence-corrected chi connectivity index (χ3v) is 4.24. The van der Waals surface area contributed by atoms with Crippen LogP contribution in [0.5, 0.6) is 0 Å². The highest BCUT2D eigenvalue weighted by atomic mass is 16.5. The first-order valence-electron chi connectivity index (χ1n) is 8.05. The number of hydrogen-bond acceptors (Lipinski definition) is 6. The van der Waals surface area contributed by atoms with Crippen molar-refractivity contribution >= 4 is 5.91 Å². The van der Waals surface area contributed by atoms with E-state index >= 15 is 0 Å². The standard InChI is InChI=1S/C15H27N5O2/c1-5-11(2)16-14(21)10-19-6-8-20(9-7-19)12(3)15-17-13(4)18-22-15/h11-12H,5-10H2,1-4H3,(H,16,21). The minimum absolute atomic E-state index is 0.114. The Kier molecular flexibility index (Phi) is 5.90. The number of amides is 1. The molecule has 1 fully saturated rings. The lowest BCUT2D eigenvalue weighted by Gasteiger charge is -2.36. The highest BCUT2D eigenvalue weighted by Crippen LogP contribution is 2.19. The highest BCUT2D eigenvalue weighted by molar-refractivity contribution is 5.78. The van der Waals surface area contributed by atoms with Crippen LogP contribution < -0.4 is 5.32 Å². The average molecular weight is 309 g/mol. The Bertz CT molecular complexity index is 482. The number of carbonyl (C=O) groups is 1. The molecule has 1 aromatic rings. The maximum absolute atomic E-state index is 11.9. The first-order valence-corrected chi connectivity index (χ1v) is 8.05. The molecule has 7 heteroatoms. The zero-order chi connectivity index (χ0) is 16.1. The molecule has 7 nitrogen and oxygen atoms in total. The summed E-state index contributed by atoms with van der Waals surface area (Å²) in [5.41, 5.74) is 0.